The number of carbonyl (C=O) groups excluding carboxylic acids is 1. The highest BCUT2D eigenvalue weighted by Gasteiger charge is 2.31. The van der Waals surface area contributed by atoms with Crippen LogP contribution in [0.2, 0.25) is 0 Å². The third-order valence-corrected chi connectivity index (χ3v) is 5.86. The molecular formula is C12H23N3O4S. The Morgan fingerprint density at radius 1 is 1.40 bits per heavy atom. The topological polar surface area (TPSA) is 98.7 Å². The van der Waals surface area contributed by atoms with Crippen molar-refractivity contribution >= 4 is 15.9 Å². The third-order valence-electron chi connectivity index (χ3n) is 3.98. The molecule has 1 amide bonds. The number of nitrogens with zero attached hydrogens (tertiary/aromatic N) is 1. The van der Waals surface area contributed by atoms with Crippen molar-refractivity contribution in [3.8, 4) is 0 Å². The average molecular weight is 305 g/mol. The zero-order valence-corrected chi connectivity index (χ0v) is 12.5. The van der Waals surface area contributed by atoms with Gasteiger partial charge in [-0.05, 0) is 26.2 Å². The van der Waals surface area contributed by atoms with Crippen LogP contribution >= 0.6 is 0 Å². The lowest BCUT2D eigenvalue weighted by atomic mass is 10.1. The number of carbonyl (C=O) groups is 1. The van der Waals surface area contributed by atoms with E-state index in [4.69, 9.17) is 0 Å². The summed E-state index contributed by atoms with van der Waals surface area (Å²) in [6.45, 7) is 3.01. The molecule has 0 spiro atoms. The van der Waals surface area contributed by atoms with E-state index in [9.17, 15) is 18.3 Å². The van der Waals surface area contributed by atoms with Crippen LogP contribution in [0.4, 0.5) is 0 Å². The summed E-state index contributed by atoms with van der Waals surface area (Å²) < 4.78 is 25.0. The van der Waals surface area contributed by atoms with Gasteiger partial charge in [-0.25, -0.2) is 12.7 Å². The van der Waals surface area contributed by atoms with E-state index in [1.54, 1.807) is 6.92 Å². The molecule has 2 saturated heterocycles. The van der Waals surface area contributed by atoms with Crippen molar-refractivity contribution in [1.82, 2.24) is 14.9 Å². The fourth-order valence-corrected chi connectivity index (χ4v) is 3.81. The summed E-state index contributed by atoms with van der Waals surface area (Å²) in [5.74, 6) is 0.0202. The number of hydrogen-bond donors (Lipinski definition) is 3. The summed E-state index contributed by atoms with van der Waals surface area (Å²) in [6, 6.07) is -0.312. The van der Waals surface area contributed by atoms with Gasteiger partial charge in [0.2, 0.25) is 15.9 Å². The van der Waals surface area contributed by atoms with Gasteiger partial charge in [-0.2, -0.15) is 0 Å². The Labute approximate surface area is 119 Å². The maximum absolute atomic E-state index is 12.0. The monoisotopic (exact) mass is 305 g/mol. The Morgan fingerprint density at radius 3 is 2.55 bits per heavy atom. The van der Waals surface area contributed by atoms with Gasteiger partial charge in [0.05, 0.1) is 17.9 Å². The number of amides is 1. The van der Waals surface area contributed by atoms with E-state index in [1.807, 2.05) is 0 Å². The number of piperidine rings is 1. The second kappa shape index (κ2) is 6.38. The molecule has 0 saturated carbocycles. The van der Waals surface area contributed by atoms with Crippen LogP contribution in [0, 0.1) is 0 Å². The molecule has 0 bridgehead atoms. The molecule has 2 rings (SSSR count). The van der Waals surface area contributed by atoms with Crippen molar-refractivity contribution in [3.63, 3.8) is 0 Å². The highest BCUT2D eigenvalue weighted by molar-refractivity contribution is 7.89. The van der Waals surface area contributed by atoms with Crippen LogP contribution in [0.15, 0.2) is 0 Å². The van der Waals surface area contributed by atoms with Gasteiger partial charge in [0.1, 0.15) is 0 Å². The van der Waals surface area contributed by atoms with Crippen molar-refractivity contribution < 1.29 is 18.3 Å². The summed E-state index contributed by atoms with van der Waals surface area (Å²) in [6.07, 6.45) is 1.26. The summed E-state index contributed by atoms with van der Waals surface area (Å²) in [5, 5.41) is 15.3. The minimum atomic E-state index is -3.12. The molecular weight excluding hydrogens is 282 g/mol. The van der Waals surface area contributed by atoms with E-state index in [1.165, 1.54) is 4.31 Å². The Kier molecular flexibility index (Phi) is 5.00. The van der Waals surface area contributed by atoms with E-state index < -0.39 is 16.1 Å². The van der Waals surface area contributed by atoms with Gasteiger partial charge < -0.3 is 15.7 Å². The fraction of sp³-hybridized carbons (Fsp3) is 0.917. The predicted octanol–water partition coefficient (Wildman–Crippen LogP) is -1.36. The van der Waals surface area contributed by atoms with Gasteiger partial charge in [-0.15, -0.1) is 0 Å². The quantitative estimate of drug-likeness (QED) is 0.596. The first-order valence-corrected chi connectivity index (χ1v) is 8.73. The maximum atomic E-state index is 12.0. The van der Waals surface area contributed by atoms with E-state index in [2.05, 4.69) is 10.6 Å². The number of β-amino-alcohol motifs (C(OH)–C–C–N with tert-alkyl or cyclic N) is 1. The molecule has 2 atom stereocenters. The molecule has 8 heteroatoms. The van der Waals surface area contributed by atoms with Gasteiger partial charge in [0, 0.05) is 25.7 Å². The largest absolute Gasteiger partial charge is 0.392 e. The first kappa shape index (κ1) is 15.7. The first-order chi connectivity index (χ1) is 9.42. The van der Waals surface area contributed by atoms with Gasteiger partial charge in [-0.1, -0.05) is 0 Å². The molecule has 2 aliphatic heterocycles. The van der Waals surface area contributed by atoms with Crippen LogP contribution in [0.1, 0.15) is 26.2 Å². The normalized spacial score (nSPS) is 29.5. The molecule has 2 fully saturated rings. The SMILES string of the molecule is CCS(=O)(=O)N1CCC(NC(=O)C2CC(O)CN2)CC1. The minimum absolute atomic E-state index is 0.0188. The molecule has 116 valence electrons. The molecule has 0 aliphatic carbocycles. The van der Waals surface area contributed by atoms with Crippen molar-refractivity contribution in [3.05, 3.63) is 0 Å². The third kappa shape index (κ3) is 3.69. The van der Waals surface area contributed by atoms with Crippen molar-refractivity contribution in [2.75, 3.05) is 25.4 Å². The molecule has 0 aromatic carbocycles. The number of sulfonamides is 1. The molecule has 2 heterocycles. The zero-order chi connectivity index (χ0) is 14.8. The second-order valence-electron chi connectivity index (χ2n) is 5.43. The Hall–Kier alpha value is -0.700. The number of hydrogen-bond acceptors (Lipinski definition) is 5. The van der Waals surface area contributed by atoms with Crippen LogP contribution in [0.5, 0.6) is 0 Å². The van der Waals surface area contributed by atoms with Gasteiger partial charge in [-0.3, -0.25) is 4.79 Å². The van der Waals surface area contributed by atoms with Gasteiger partial charge in [0.15, 0.2) is 0 Å². The van der Waals surface area contributed by atoms with Crippen LogP contribution in [0.25, 0.3) is 0 Å². The zero-order valence-electron chi connectivity index (χ0n) is 11.7. The summed E-state index contributed by atoms with van der Waals surface area (Å²) >= 11 is 0. The van der Waals surface area contributed by atoms with E-state index in [0.717, 1.165) is 0 Å². The lowest BCUT2D eigenvalue weighted by Gasteiger charge is -2.31. The molecule has 0 radical (unpaired) electrons. The predicted molar refractivity (Wildman–Crippen MR) is 74.6 cm³/mol. The maximum Gasteiger partial charge on any atom is 0.237 e. The summed E-state index contributed by atoms with van der Waals surface area (Å²) in [4.78, 5) is 12.0. The first-order valence-electron chi connectivity index (χ1n) is 7.12. The fourth-order valence-electron chi connectivity index (χ4n) is 2.68. The Bertz CT molecular complexity index is 446. The summed E-state index contributed by atoms with van der Waals surface area (Å²) in [7, 11) is -3.12. The number of rotatable bonds is 4. The Morgan fingerprint density at radius 2 is 2.05 bits per heavy atom. The number of nitrogens with one attached hydrogen (secondary N) is 2. The average Bonchev–Trinajstić information content (AvgIpc) is 2.86. The molecule has 7 nitrogen and oxygen atoms in total. The molecule has 2 unspecified atom stereocenters. The van der Waals surface area contributed by atoms with Crippen LogP contribution < -0.4 is 10.6 Å². The number of aliphatic hydroxyl groups is 1. The van der Waals surface area contributed by atoms with Crippen molar-refractivity contribution in [1.29, 1.82) is 0 Å². The molecule has 0 aromatic heterocycles. The number of aliphatic hydroxyl groups excluding tert-OH is 1. The second-order valence-corrected chi connectivity index (χ2v) is 7.69. The molecule has 2 aliphatic rings. The van der Waals surface area contributed by atoms with Gasteiger partial charge >= 0.3 is 0 Å². The van der Waals surface area contributed by atoms with E-state index in [0.29, 0.717) is 38.9 Å². The standard InChI is InChI=1S/C12H23N3O4S/c1-2-20(18,19)15-5-3-9(4-6-15)14-12(17)11-7-10(16)8-13-11/h9-11,13,16H,2-8H2,1H3,(H,14,17). The minimum Gasteiger partial charge on any atom is -0.392 e. The smallest absolute Gasteiger partial charge is 0.237 e. The Balaban J connectivity index is 1.78. The lowest BCUT2D eigenvalue weighted by molar-refractivity contribution is -0.123. The highest BCUT2D eigenvalue weighted by atomic mass is 32.2. The van der Waals surface area contributed by atoms with Crippen molar-refractivity contribution in [2.24, 2.45) is 0 Å². The van der Waals surface area contributed by atoms with Gasteiger partial charge in [0.25, 0.3) is 0 Å². The van der Waals surface area contributed by atoms with E-state index >= 15 is 0 Å². The van der Waals surface area contributed by atoms with E-state index in [-0.39, 0.29) is 23.7 Å². The van der Waals surface area contributed by atoms with Crippen molar-refractivity contribution in [2.45, 2.75) is 44.4 Å². The highest BCUT2D eigenvalue weighted by Crippen LogP contribution is 2.15. The lowest BCUT2D eigenvalue weighted by Crippen LogP contribution is -2.50. The van der Waals surface area contributed by atoms with Crippen LogP contribution in [0.3, 0.4) is 0 Å². The summed E-state index contributed by atoms with van der Waals surface area (Å²) in [5.41, 5.74) is 0. The molecule has 20 heavy (non-hydrogen) atoms. The van der Waals surface area contributed by atoms with Crippen LogP contribution in [-0.2, 0) is 14.8 Å². The molecule has 3 N–H and O–H groups in total. The molecule has 0 aromatic rings. The van der Waals surface area contributed by atoms with Crippen LogP contribution in [-0.4, -0.2) is 67.3 Å².